The lowest BCUT2D eigenvalue weighted by Gasteiger charge is -2.17. The number of carbonyl (C=O) groups is 2. The number of nitrogens with one attached hydrogen (secondary N) is 1. The minimum absolute atomic E-state index is 0.0775. The van der Waals surface area contributed by atoms with Gasteiger partial charge in [0.05, 0.1) is 0 Å². The zero-order chi connectivity index (χ0) is 26.9. The van der Waals surface area contributed by atoms with Gasteiger partial charge in [0.15, 0.2) is 0 Å². The average Bonchev–Trinajstić information content (AvgIpc) is 3.34. The summed E-state index contributed by atoms with van der Waals surface area (Å²) < 4.78 is 7.72. The fourth-order valence-corrected chi connectivity index (χ4v) is 5.03. The van der Waals surface area contributed by atoms with Gasteiger partial charge in [-0.2, -0.15) is 0 Å². The number of carboxylic acid groups (broad SMARTS) is 1. The third-order valence-corrected chi connectivity index (χ3v) is 6.96. The van der Waals surface area contributed by atoms with E-state index in [-0.39, 0.29) is 11.6 Å². The molecule has 5 aromatic rings. The first-order valence-electron chi connectivity index (χ1n) is 12.6. The highest BCUT2D eigenvalue weighted by Crippen LogP contribution is 2.36. The summed E-state index contributed by atoms with van der Waals surface area (Å²) in [7, 11) is 0. The molecule has 1 aliphatic carbocycles. The van der Waals surface area contributed by atoms with Crippen molar-refractivity contribution in [2.45, 2.75) is 13.0 Å². The van der Waals surface area contributed by atoms with Gasteiger partial charge in [0.25, 0.3) is 5.56 Å². The van der Waals surface area contributed by atoms with Crippen LogP contribution in [0.5, 0.6) is 0 Å². The summed E-state index contributed by atoms with van der Waals surface area (Å²) in [5, 5.41) is 13.4. The first-order chi connectivity index (χ1) is 19.0. The molecule has 7 nitrogen and oxygen atoms in total. The Morgan fingerprint density at radius 3 is 2.46 bits per heavy atom. The van der Waals surface area contributed by atoms with Crippen molar-refractivity contribution in [3.63, 3.8) is 0 Å². The van der Waals surface area contributed by atoms with Crippen LogP contribution in [0.2, 0.25) is 0 Å². The number of aromatic nitrogens is 1. The lowest BCUT2D eigenvalue weighted by Crippen LogP contribution is -2.30. The fourth-order valence-electron chi connectivity index (χ4n) is 5.03. The van der Waals surface area contributed by atoms with Crippen LogP contribution < -0.4 is 10.9 Å². The first-order valence-corrected chi connectivity index (χ1v) is 12.6. The average molecular weight is 517 g/mol. The normalized spacial score (nSPS) is 14.6. The number of anilines is 1. The summed E-state index contributed by atoms with van der Waals surface area (Å²) in [6.07, 6.45) is 10.5. The lowest BCUT2D eigenvalue weighted by atomic mass is 9.98. The number of para-hydroxylation sites is 2. The Morgan fingerprint density at radius 1 is 0.923 bits per heavy atom. The third kappa shape index (κ3) is 4.66. The number of carbonyl (C=O) groups excluding carboxylic acids is 1. The van der Waals surface area contributed by atoms with E-state index in [1.54, 1.807) is 6.20 Å². The number of aliphatic carboxylic acids is 1. The van der Waals surface area contributed by atoms with Crippen molar-refractivity contribution in [1.29, 1.82) is 0 Å². The molecule has 192 valence electrons. The third-order valence-electron chi connectivity index (χ3n) is 6.96. The van der Waals surface area contributed by atoms with Gasteiger partial charge < -0.3 is 19.4 Å². The molecule has 3 aromatic carbocycles. The summed E-state index contributed by atoms with van der Waals surface area (Å²) in [6.45, 7) is 0.398. The van der Waals surface area contributed by atoms with Crippen molar-refractivity contribution in [3.8, 4) is 22.3 Å². The van der Waals surface area contributed by atoms with E-state index in [9.17, 15) is 14.4 Å². The molecule has 0 saturated carbocycles. The van der Waals surface area contributed by atoms with E-state index in [2.05, 4.69) is 5.32 Å². The number of hydrogen-bond donors (Lipinski definition) is 2. The van der Waals surface area contributed by atoms with E-state index in [1.165, 1.54) is 10.6 Å². The molecule has 1 aliphatic rings. The van der Waals surface area contributed by atoms with Gasteiger partial charge in [-0.3, -0.25) is 9.59 Å². The van der Waals surface area contributed by atoms with Crippen molar-refractivity contribution in [2.24, 2.45) is 5.92 Å². The van der Waals surface area contributed by atoms with Crippen molar-refractivity contribution in [2.75, 3.05) is 5.32 Å². The van der Waals surface area contributed by atoms with Gasteiger partial charge in [-0.05, 0) is 35.6 Å². The Hall–Kier alpha value is -5.17. The Labute approximate surface area is 223 Å². The molecule has 6 rings (SSSR count). The fraction of sp³-hybridized carbons (Fsp3) is 0.0938. The summed E-state index contributed by atoms with van der Waals surface area (Å²) in [5.74, 6) is -2.81. The SMILES string of the molecule is O=C(O)C(=O)Nc1cc(-c2ccc(-c3cccc4c3oc3ccccc34)cc2)cn(CC2C=CC=CC2)c1=O. The van der Waals surface area contributed by atoms with Crippen LogP contribution in [0.4, 0.5) is 5.69 Å². The molecule has 0 spiro atoms. The second-order valence-electron chi connectivity index (χ2n) is 9.53. The molecular formula is C32H24N2O5. The van der Waals surface area contributed by atoms with Crippen LogP contribution in [-0.4, -0.2) is 21.6 Å². The smallest absolute Gasteiger partial charge is 0.394 e. The van der Waals surface area contributed by atoms with Crippen molar-refractivity contribution >= 4 is 39.5 Å². The Bertz CT molecular complexity index is 1860. The molecule has 2 aromatic heterocycles. The minimum atomic E-state index is -1.66. The molecular weight excluding hydrogens is 492 g/mol. The zero-order valence-corrected chi connectivity index (χ0v) is 20.8. The molecule has 2 N–H and O–H groups in total. The molecule has 0 aliphatic heterocycles. The zero-order valence-electron chi connectivity index (χ0n) is 20.8. The number of allylic oxidation sites excluding steroid dienone is 4. The number of nitrogens with zero attached hydrogens (tertiary/aromatic N) is 1. The van der Waals surface area contributed by atoms with Gasteiger partial charge in [0.2, 0.25) is 0 Å². The molecule has 0 radical (unpaired) electrons. The van der Waals surface area contributed by atoms with Gasteiger partial charge in [-0.15, -0.1) is 0 Å². The highest BCUT2D eigenvalue weighted by atomic mass is 16.4. The van der Waals surface area contributed by atoms with Gasteiger partial charge in [0.1, 0.15) is 16.9 Å². The number of fused-ring (bicyclic) bond motifs is 3. The molecule has 39 heavy (non-hydrogen) atoms. The minimum Gasteiger partial charge on any atom is -0.474 e. The molecule has 0 saturated heterocycles. The number of hydrogen-bond acceptors (Lipinski definition) is 4. The van der Waals surface area contributed by atoms with Gasteiger partial charge in [-0.25, -0.2) is 4.79 Å². The second kappa shape index (κ2) is 9.95. The molecule has 2 heterocycles. The maximum atomic E-state index is 13.1. The molecule has 7 heteroatoms. The maximum Gasteiger partial charge on any atom is 0.394 e. The molecule has 1 unspecified atom stereocenters. The Morgan fingerprint density at radius 2 is 1.69 bits per heavy atom. The van der Waals surface area contributed by atoms with Crippen LogP contribution in [0.3, 0.4) is 0 Å². The molecule has 1 amide bonds. The highest BCUT2D eigenvalue weighted by molar-refractivity contribution is 6.36. The van der Waals surface area contributed by atoms with E-state index < -0.39 is 17.4 Å². The van der Waals surface area contributed by atoms with E-state index in [1.807, 2.05) is 91.0 Å². The van der Waals surface area contributed by atoms with Crippen molar-refractivity contribution < 1.29 is 19.1 Å². The number of amides is 1. The predicted molar refractivity (Wildman–Crippen MR) is 152 cm³/mol. The van der Waals surface area contributed by atoms with Gasteiger partial charge in [-0.1, -0.05) is 85.0 Å². The van der Waals surface area contributed by atoms with Crippen molar-refractivity contribution in [1.82, 2.24) is 4.57 Å². The topological polar surface area (TPSA) is 102 Å². The van der Waals surface area contributed by atoms with Gasteiger partial charge in [0, 0.05) is 34.6 Å². The summed E-state index contributed by atoms with van der Waals surface area (Å²) in [6, 6.07) is 23.4. The number of carboxylic acids is 1. The number of pyridine rings is 1. The van der Waals surface area contributed by atoms with E-state index in [0.29, 0.717) is 12.1 Å². The molecule has 1 atom stereocenters. The van der Waals surface area contributed by atoms with Crippen LogP contribution in [0, 0.1) is 5.92 Å². The second-order valence-corrected chi connectivity index (χ2v) is 9.53. The van der Waals surface area contributed by atoms with E-state index in [4.69, 9.17) is 9.52 Å². The Balaban J connectivity index is 1.39. The summed E-state index contributed by atoms with van der Waals surface area (Å²) in [4.78, 5) is 36.2. The summed E-state index contributed by atoms with van der Waals surface area (Å²) in [5.41, 5.74) is 4.54. The number of furan rings is 1. The van der Waals surface area contributed by atoms with Crippen LogP contribution in [0.25, 0.3) is 44.2 Å². The summed E-state index contributed by atoms with van der Waals surface area (Å²) >= 11 is 0. The highest BCUT2D eigenvalue weighted by Gasteiger charge is 2.18. The maximum absolute atomic E-state index is 13.1. The van der Waals surface area contributed by atoms with Crippen LogP contribution in [-0.2, 0) is 16.1 Å². The van der Waals surface area contributed by atoms with Gasteiger partial charge >= 0.3 is 11.9 Å². The van der Waals surface area contributed by atoms with Crippen LogP contribution in [0.15, 0.2) is 113 Å². The largest absolute Gasteiger partial charge is 0.474 e. The number of benzene rings is 3. The first kappa shape index (κ1) is 24.2. The van der Waals surface area contributed by atoms with Crippen LogP contribution in [0.1, 0.15) is 6.42 Å². The lowest BCUT2D eigenvalue weighted by molar-refractivity contribution is -0.147. The van der Waals surface area contributed by atoms with E-state index >= 15 is 0 Å². The quantitative estimate of drug-likeness (QED) is 0.269. The van der Waals surface area contributed by atoms with E-state index in [0.717, 1.165) is 45.0 Å². The predicted octanol–water partition coefficient (Wildman–Crippen LogP) is 6.24. The van der Waals surface area contributed by atoms with Crippen LogP contribution >= 0.6 is 0 Å². The van der Waals surface area contributed by atoms with Crippen molar-refractivity contribution in [3.05, 3.63) is 114 Å². The molecule has 0 bridgehead atoms. The standard InChI is InChI=1S/C32H24N2O5/c35-30(32(37)38)33-27-17-23(19-34(31(27)36)18-20-7-2-1-3-8-20)21-13-15-22(16-14-21)24-10-6-11-26-25-9-4-5-12-28(25)39-29(24)26/h1-7,9-17,19-20H,8,18H2,(H,33,35)(H,37,38). The number of rotatable bonds is 5. The monoisotopic (exact) mass is 516 g/mol. The Kier molecular flexibility index (Phi) is 6.17. The molecule has 0 fully saturated rings.